The Balaban J connectivity index is 2.23. The van der Waals surface area contributed by atoms with Crippen LogP contribution >= 0.6 is 0 Å². The first-order valence-electron chi connectivity index (χ1n) is 5.92. The largest absolute Gasteiger partial charge is 0.368 e. The third kappa shape index (κ3) is 2.55. The van der Waals surface area contributed by atoms with Gasteiger partial charge in [0.2, 0.25) is 0 Å². The molecule has 0 aliphatic carbocycles. The van der Waals surface area contributed by atoms with Gasteiger partial charge in [0, 0.05) is 19.3 Å². The molecule has 2 aromatic rings. The first-order valence-corrected chi connectivity index (χ1v) is 5.92. The van der Waals surface area contributed by atoms with Crippen LogP contribution in [-0.2, 0) is 6.42 Å². The number of nitrogens with one attached hydrogen (secondary N) is 2. The van der Waals surface area contributed by atoms with Crippen molar-refractivity contribution in [2.75, 3.05) is 32.5 Å². The van der Waals surface area contributed by atoms with E-state index < -0.39 is 0 Å². The molecule has 5 nitrogen and oxygen atoms in total. The van der Waals surface area contributed by atoms with Crippen LogP contribution in [0.15, 0.2) is 12.5 Å². The summed E-state index contributed by atoms with van der Waals surface area (Å²) >= 11 is 0. The maximum atomic E-state index is 4.32. The van der Waals surface area contributed by atoms with Crippen molar-refractivity contribution in [2.24, 2.45) is 0 Å². The molecule has 0 saturated carbocycles. The zero-order valence-corrected chi connectivity index (χ0v) is 10.6. The molecule has 92 valence electrons. The van der Waals surface area contributed by atoms with Crippen LogP contribution in [0.2, 0.25) is 0 Å². The summed E-state index contributed by atoms with van der Waals surface area (Å²) in [6.07, 6.45) is 4.59. The second kappa shape index (κ2) is 5.14. The van der Waals surface area contributed by atoms with Crippen molar-refractivity contribution in [3.05, 3.63) is 18.1 Å². The van der Waals surface area contributed by atoms with E-state index in [1.54, 1.807) is 6.33 Å². The average molecular weight is 233 g/mol. The SMILES string of the molecule is CCc1c[nH]c2ncnc(NCCN(C)C)c12. The number of aryl methyl sites for hydroxylation is 1. The number of rotatable bonds is 5. The normalized spacial score (nSPS) is 11.3. The number of anilines is 1. The van der Waals surface area contributed by atoms with Crippen LogP contribution in [0.25, 0.3) is 11.0 Å². The van der Waals surface area contributed by atoms with Gasteiger partial charge in [-0.15, -0.1) is 0 Å². The smallest absolute Gasteiger partial charge is 0.143 e. The predicted octanol–water partition coefficient (Wildman–Crippen LogP) is 1.49. The maximum absolute atomic E-state index is 4.32. The Morgan fingerprint density at radius 2 is 2.18 bits per heavy atom. The molecular weight excluding hydrogens is 214 g/mol. The Bertz CT molecular complexity index is 489. The van der Waals surface area contributed by atoms with Crippen molar-refractivity contribution in [1.82, 2.24) is 19.9 Å². The summed E-state index contributed by atoms with van der Waals surface area (Å²) < 4.78 is 0. The van der Waals surface area contributed by atoms with Crippen molar-refractivity contribution >= 4 is 16.9 Å². The van der Waals surface area contributed by atoms with Crippen LogP contribution in [0.3, 0.4) is 0 Å². The van der Waals surface area contributed by atoms with Crippen molar-refractivity contribution < 1.29 is 0 Å². The van der Waals surface area contributed by atoms with Gasteiger partial charge in [-0.05, 0) is 26.1 Å². The van der Waals surface area contributed by atoms with Crippen LogP contribution in [0, 0.1) is 0 Å². The fraction of sp³-hybridized carbons (Fsp3) is 0.500. The van der Waals surface area contributed by atoms with Crippen LogP contribution in [-0.4, -0.2) is 47.0 Å². The first kappa shape index (κ1) is 11.9. The van der Waals surface area contributed by atoms with Gasteiger partial charge in [0.05, 0.1) is 5.39 Å². The molecule has 0 aromatic carbocycles. The molecule has 0 spiro atoms. The summed E-state index contributed by atoms with van der Waals surface area (Å²) in [6, 6.07) is 0. The number of hydrogen-bond donors (Lipinski definition) is 2. The van der Waals surface area contributed by atoms with Crippen molar-refractivity contribution in [3.63, 3.8) is 0 Å². The van der Waals surface area contributed by atoms with E-state index in [9.17, 15) is 0 Å². The Kier molecular flexibility index (Phi) is 3.58. The topological polar surface area (TPSA) is 56.8 Å². The van der Waals surface area contributed by atoms with Gasteiger partial charge in [0.1, 0.15) is 17.8 Å². The highest BCUT2D eigenvalue weighted by molar-refractivity contribution is 5.90. The minimum Gasteiger partial charge on any atom is -0.368 e. The van der Waals surface area contributed by atoms with E-state index >= 15 is 0 Å². The summed E-state index contributed by atoms with van der Waals surface area (Å²) in [5.41, 5.74) is 2.16. The van der Waals surface area contributed by atoms with Crippen molar-refractivity contribution in [2.45, 2.75) is 13.3 Å². The van der Waals surface area contributed by atoms with Crippen molar-refractivity contribution in [1.29, 1.82) is 0 Å². The molecule has 0 bridgehead atoms. The minimum absolute atomic E-state index is 0.882. The van der Waals surface area contributed by atoms with Crippen LogP contribution in [0.4, 0.5) is 5.82 Å². The lowest BCUT2D eigenvalue weighted by Crippen LogP contribution is -2.21. The molecule has 2 heterocycles. The lowest BCUT2D eigenvalue weighted by atomic mass is 10.2. The van der Waals surface area contributed by atoms with E-state index in [2.05, 4.69) is 46.2 Å². The highest BCUT2D eigenvalue weighted by atomic mass is 15.1. The average Bonchev–Trinajstić information content (AvgIpc) is 2.72. The second-order valence-corrected chi connectivity index (χ2v) is 4.34. The van der Waals surface area contributed by atoms with Gasteiger partial charge < -0.3 is 15.2 Å². The molecule has 0 unspecified atom stereocenters. The molecule has 0 aliphatic heterocycles. The van der Waals surface area contributed by atoms with Crippen LogP contribution in [0.5, 0.6) is 0 Å². The fourth-order valence-electron chi connectivity index (χ4n) is 1.84. The summed E-state index contributed by atoms with van der Waals surface area (Å²) in [5, 5.41) is 4.49. The second-order valence-electron chi connectivity index (χ2n) is 4.34. The molecule has 0 saturated heterocycles. The van der Waals surface area contributed by atoms with E-state index in [0.717, 1.165) is 36.4 Å². The quantitative estimate of drug-likeness (QED) is 0.821. The Morgan fingerprint density at radius 3 is 2.88 bits per heavy atom. The zero-order valence-electron chi connectivity index (χ0n) is 10.6. The number of fused-ring (bicyclic) bond motifs is 1. The molecule has 2 aromatic heterocycles. The highest BCUT2D eigenvalue weighted by Gasteiger charge is 2.09. The van der Waals surface area contributed by atoms with Gasteiger partial charge in [-0.2, -0.15) is 0 Å². The summed E-state index contributed by atoms with van der Waals surface area (Å²) in [7, 11) is 4.12. The predicted molar refractivity (Wildman–Crippen MR) is 70.3 cm³/mol. The summed E-state index contributed by atoms with van der Waals surface area (Å²) in [5.74, 6) is 0.926. The van der Waals surface area contributed by atoms with Crippen LogP contribution < -0.4 is 5.32 Å². The number of likely N-dealkylation sites (N-methyl/N-ethyl adjacent to an activating group) is 1. The molecule has 2 N–H and O–H groups in total. The molecule has 0 aliphatic rings. The standard InChI is InChI=1S/C12H19N5/c1-4-9-7-14-12-10(9)11(15-8-16-12)13-5-6-17(2)3/h7-8H,4-6H2,1-3H3,(H2,13,14,15,16). The molecular formula is C12H19N5. The van der Waals surface area contributed by atoms with Crippen molar-refractivity contribution in [3.8, 4) is 0 Å². The number of hydrogen-bond acceptors (Lipinski definition) is 4. The van der Waals surface area contributed by atoms with Gasteiger partial charge in [0.25, 0.3) is 0 Å². The molecule has 17 heavy (non-hydrogen) atoms. The Labute approximate surface area is 101 Å². The molecule has 2 rings (SSSR count). The first-order chi connectivity index (χ1) is 8.22. The number of nitrogens with zero attached hydrogens (tertiary/aromatic N) is 3. The molecule has 0 amide bonds. The number of aromatic amines is 1. The molecule has 0 atom stereocenters. The van der Waals surface area contributed by atoms with E-state index in [-0.39, 0.29) is 0 Å². The summed E-state index contributed by atoms with van der Waals surface area (Å²) in [4.78, 5) is 13.9. The molecule has 0 fully saturated rings. The Hall–Kier alpha value is -1.62. The zero-order chi connectivity index (χ0) is 12.3. The van der Waals surface area contributed by atoms with Gasteiger partial charge >= 0.3 is 0 Å². The van der Waals surface area contributed by atoms with Gasteiger partial charge in [-0.25, -0.2) is 9.97 Å². The van der Waals surface area contributed by atoms with Gasteiger partial charge in [-0.3, -0.25) is 0 Å². The third-order valence-electron chi connectivity index (χ3n) is 2.78. The lowest BCUT2D eigenvalue weighted by molar-refractivity contribution is 0.425. The monoisotopic (exact) mass is 233 g/mol. The van der Waals surface area contributed by atoms with E-state index in [1.807, 2.05) is 6.20 Å². The fourth-order valence-corrected chi connectivity index (χ4v) is 1.84. The third-order valence-corrected chi connectivity index (χ3v) is 2.78. The van der Waals surface area contributed by atoms with E-state index in [4.69, 9.17) is 0 Å². The molecule has 0 radical (unpaired) electrons. The number of aromatic nitrogens is 3. The highest BCUT2D eigenvalue weighted by Crippen LogP contribution is 2.23. The van der Waals surface area contributed by atoms with Gasteiger partial charge in [0.15, 0.2) is 0 Å². The number of H-pyrrole nitrogens is 1. The Morgan fingerprint density at radius 1 is 1.35 bits per heavy atom. The van der Waals surface area contributed by atoms with Gasteiger partial charge in [-0.1, -0.05) is 6.92 Å². The van der Waals surface area contributed by atoms with Crippen LogP contribution in [0.1, 0.15) is 12.5 Å². The maximum Gasteiger partial charge on any atom is 0.143 e. The minimum atomic E-state index is 0.882. The molecule has 5 heteroatoms. The van der Waals surface area contributed by atoms with E-state index in [1.165, 1.54) is 5.56 Å². The van der Waals surface area contributed by atoms with E-state index in [0.29, 0.717) is 0 Å². The summed E-state index contributed by atoms with van der Waals surface area (Å²) in [6.45, 7) is 4.00. The lowest BCUT2D eigenvalue weighted by Gasteiger charge is -2.11.